The predicted molar refractivity (Wildman–Crippen MR) is 119 cm³/mol. The van der Waals surface area contributed by atoms with E-state index in [9.17, 15) is 9.59 Å². The second-order valence-electron chi connectivity index (χ2n) is 6.41. The Kier molecular flexibility index (Phi) is 7.28. The van der Waals surface area contributed by atoms with E-state index in [0.29, 0.717) is 17.4 Å². The first-order valence-corrected chi connectivity index (χ1v) is 10.9. The maximum absolute atomic E-state index is 12.9. The summed E-state index contributed by atoms with van der Waals surface area (Å²) in [6.45, 7) is 2.71. The summed E-state index contributed by atoms with van der Waals surface area (Å²) in [7, 11) is 0. The lowest BCUT2D eigenvalue weighted by Gasteiger charge is -2.16. The molecule has 1 atom stereocenters. The van der Waals surface area contributed by atoms with Gasteiger partial charge in [-0.15, -0.1) is 0 Å². The molecule has 3 rings (SSSR count). The van der Waals surface area contributed by atoms with Crippen LogP contribution in [0.2, 0.25) is 0 Å². The molecule has 1 heterocycles. The van der Waals surface area contributed by atoms with Crippen molar-refractivity contribution in [3.63, 3.8) is 0 Å². The molecular formula is C21H22BrN3O2S. The van der Waals surface area contributed by atoms with Crippen LogP contribution in [0.15, 0.2) is 64.1 Å². The number of nitrogens with one attached hydrogen (secondary N) is 1. The SMILES string of the molecule is CCCCN1C(=O)C(CC(=O)Nc2ccccc2Br)SC1=Nc1ccccc1. The number of thioether (sulfide) groups is 1. The number of nitrogens with zero attached hydrogens (tertiary/aromatic N) is 2. The highest BCUT2D eigenvalue weighted by atomic mass is 79.9. The number of carbonyl (C=O) groups excluding carboxylic acids is 2. The molecule has 28 heavy (non-hydrogen) atoms. The number of hydrogen-bond acceptors (Lipinski definition) is 4. The number of hydrogen-bond donors (Lipinski definition) is 1. The Morgan fingerprint density at radius 3 is 2.61 bits per heavy atom. The summed E-state index contributed by atoms with van der Waals surface area (Å²) in [6, 6.07) is 17.0. The first-order chi connectivity index (χ1) is 13.6. The number of halogens is 1. The van der Waals surface area contributed by atoms with Crippen molar-refractivity contribution in [1.82, 2.24) is 4.90 Å². The van der Waals surface area contributed by atoms with Gasteiger partial charge in [-0.25, -0.2) is 4.99 Å². The van der Waals surface area contributed by atoms with E-state index in [1.165, 1.54) is 11.8 Å². The topological polar surface area (TPSA) is 61.8 Å². The number of amidine groups is 1. The molecule has 7 heteroatoms. The van der Waals surface area contributed by atoms with Gasteiger partial charge < -0.3 is 5.32 Å². The summed E-state index contributed by atoms with van der Waals surface area (Å²) in [5.41, 5.74) is 1.50. The largest absolute Gasteiger partial charge is 0.325 e. The lowest BCUT2D eigenvalue weighted by Crippen LogP contribution is -2.34. The van der Waals surface area contributed by atoms with Crippen molar-refractivity contribution in [1.29, 1.82) is 0 Å². The van der Waals surface area contributed by atoms with E-state index in [1.54, 1.807) is 4.90 Å². The fourth-order valence-corrected chi connectivity index (χ4v) is 4.36. The van der Waals surface area contributed by atoms with Crippen molar-refractivity contribution in [2.75, 3.05) is 11.9 Å². The van der Waals surface area contributed by atoms with Gasteiger partial charge in [0.15, 0.2) is 5.17 Å². The third-order valence-electron chi connectivity index (χ3n) is 4.25. The molecule has 1 unspecified atom stereocenters. The van der Waals surface area contributed by atoms with Crippen molar-refractivity contribution in [3.05, 3.63) is 59.1 Å². The Bertz CT molecular complexity index is 873. The summed E-state index contributed by atoms with van der Waals surface area (Å²) < 4.78 is 0.810. The van der Waals surface area contributed by atoms with Gasteiger partial charge in [-0.1, -0.05) is 55.4 Å². The Hall–Kier alpha value is -2.12. The maximum atomic E-state index is 12.9. The summed E-state index contributed by atoms with van der Waals surface area (Å²) in [4.78, 5) is 31.8. The molecule has 2 amide bonds. The molecule has 2 aromatic rings. The van der Waals surface area contributed by atoms with Gasteiger partial charge in [-0.05, 0) is 46.6 Å². The number of unbranched alkanes of at least 4 members (excludes halogenated alkanes) is 1. The van der Waals surface area contributed by atoms with Gasteiger partial charge in [-0.3, -0.25) is 14.5 Å². The van der Waals surface area contributed by atoms with E-state index in [4.69, 9.17) is 0 Å². The van der Waals surface area contributed by atoms with E-state index >= 15 is 0 Å². The fourth-order valence-electron chi connectivity index (χ4n) is 2.79. The minimum absolute atomic E-state index is 0.0459. The first kappa shape index (κ1) is 20.6. The molecule has 0 aliphatic carbocycles. The van der Waals surface area contributed by atoms with Crippen LogP contribution in [-0.2, 0) is 9.59 Å². The van der Waals surface area contributed by atoms with Crippen molar-refractivity contribution in [2.24, 2.45) is 4.99 Å². The van der Waals surface area contributed by atoms with E-state index in [0.717, 1.165) is 23.0 Å². The molecule has 146 valence electrons. The predicted octanol–water partition coefficient (Wildman–Crippen LogP) is 5.21. The Balaban J connectivity index is 1.73. The zero-order chi connectivity index (χ0) is 19.9. The van der Waals surface area contributed by atoms with Crippen LogP contribution in [0.25, 0.3) is 0 Å². The summed E-state index contributed by atoms with van der Waals surface area (Å²) >= 11 is 4.79. The highest BCUT2D eigenvalue weighted by Gasteiger charge is 2.38. The normalized spacial score (nSPS) is 17.9. The van der Waals surface area contributed by atoms with Gasteiger partial charge in [0.05, 0.1) is 11.4 Å². The van der Waals surface area contributed by atoms with Gasteiger partial charge in [0.2, 0.25) is 11.8 Å². The fraction of sp³-hybridized carbons (Fsp3) is 0.286. The standard InChI is InChI=1S/C21H22BrN3O2S/c1-2-3-13-25-20(27)18(28-21(25)23-15-9-5-4-6-10-15)14-19(26)24-17-12-8-7-11-16(17)22/h4-12,18H,2-3,13-14H2,1H3,(H,24,26). The summed E-state index contributed by atoms with van der Waals surface area (Å²) in [5.74, 6) is -0.232. The van der Waals surface area contributed by atoms with Crippen molar-refractivity contribution in [2.45, 2.75) is 31.4 Å². The Labute approximate surface area is 177 Å². The number of aliphatic imine (C=N–C) groups is 1. The van der Waals surface area contributed by atoms with Gasteiger partial charge in [0.25, 0.3) is 0 Å². The van der Waals surface area contributed by atoms with Crippen LogP contribution in [0.5, 0.6) is 0 Å². The second kappa shape index (κ2) is 9.89. The van der Waals surface area contributed by atoms with E-state index in [1.807, 2.05) is 54.6 Å². The van der Waals surface area contributed by atoms with Gasteiger partial charge in [0, 0.05) is 17.4 Å². The third-order valence-corrected chi connectivity index (χ3v) is 6.12. The van der Waals surface area contributed by atoms with Gasteiger partial charge >= 0.3 is 0 Å². The highest BCUT2D eigenvalue weighted by molar-refractivity contribution is 9.10. The molecule has 1 N–H and O–H groups in total. The number of carbonyl (C=O) groups is 2. The zero-order valence-corrected chi connectivity index (χ0v) is 18.0. The average molecular weight is 460 g/mol. The molecule has 1 aliphatic heterocycles. The van der Waals surface area contributed by atoms with Crippen LogP contribution in [0.1, 0.15) is 26.2 Å². The quantitative estimate of drug-likeness (QED) is 0.617. The van der Waals surface area contributed by atoms with Gasteiger partial charge in [0.1, 0.15) is 5.25 Å². The molecule has 0 saturated carbocycles. The van der Waals surface area contributed by atoms with Crippen LogP contribution in [-0.4, -0.2) is 33.7 Å². The van der Waals surface area contributed by atoms with Crippen LogP contribution >= 0.6 is 27.7 Å². The number of anilines is 1. The summed E-state index contributed by atoms with van der Waals surface area (Å²) in [6.07, 6.45) is 2.00. The second-order valence-corrected chi connectivity index (χ2v) is 8.44. The Morgan fingerprint density at radius 1 is 1.18 bits per heavy atom. The molecule has 5 nitrogen and oxygen atoms in total. The molecular weight excluding hydrogens is 438 g/mol. The minimum Gasteiger partial charge on any atom is -0.325 e. The minimum atomic E-state index is -0.457. The molecule has 0 radical (unpaired) electrons. The van der Waals surface area contributed by atoms with Crippen LogP contribution in [0, 0.1) is 0 Å². The molecule has 1 fully saturated rings. The average Bonchev–Trinajstić information content (AvgIpc) is 2.97. The highest BCUT2D eigenvalue weighted by Crippen LogP contribution is 2.32. The molecule has 1 saturated heterocycles. The lowest BCUT2D eigenvalue weighted by molar-refractivity contribution is -0.128. The maximum Gasteiger partial charge on any atom is 0.242 e. The van der Waals surface area contributed by atoms with Crippen LogP contribution < -0.4 is 5.32 Å². The molecule has 0 aromatic heterocycles. The lowest BCUT2D eigenvalue weighted by atomic mass is 10.2. The number of benzene rings is 2. The monoisotopic (exact) mass is 459 g/mol. The first-order valence-electron chi connectivity index (χ1n) is 9.24. The van der Waals surface area contributed by atoms with E-state index in [-0.39, 0.29) is 18.2 Å². The van der Waals surface area contributed by atoms with E-state index < -0.39 is 5.25 Å². The summed E-state index contributed by atoms with van der Waals surface area (Å²) in [5, 5.41) is 3.08. The van der Waals surface area contributed by atoms with Gasteiger partial charge in [-0.2, -0.15) is 0 Å². The van der Waals surface area contributed by atoms with Crippen LogP contribution in [0.3, 0.4) is 0 Å². The third kappa shape index (κ3) is 5.23. The van der Waals surface area contributed by atoms with E-state index in [2.05, 4.69) is 33.2 Å². The number of para-hydroxylation sites is 2. The van der Waals surface area contributed by atoms with Crippen molar-refractivity contribution >= 4 is 56.0 Å². The molecule has 1 aliphatic rings. The Morgan fingerprint density at radius 2 is 1.89 bits per heavy atom. The van der Waals surface area contributed by atoms with Crippen molar-refractivity contribution < 1.29 is 9.59 Å². The van der Waals surface area contributed by atoms with Crippen LogP contribution in [0.4, 0.5) is 11.4 Å². The molecule has 2 aromatic carbocycles. The number of rotatable bonds is 7. The number of amides is 2. The zero-order valence-electron chi connectivity index (χ0n) is 15.6. The molecule has 0 bridgehead atoms. The molecule has 0 spiro atoms. The van der Waals surface area contributed by atoms with Crippen molar-refractivity contribution in [3.8, 4) is 0 Å². The smallest absolute Gasteiger partial charge is 0.242 e.